The maximum Gasteiger partial charge on any atom is 0.123 e. The molecule has 0 amide bonds. The summed E-state index contributed by atoms with van der Waals surface area (Å²) in [7, 11) is 0. The van der Waals surface area contributed by atoms with Gasteiger partial charge in [0.15, 0.2) is 0 Å². The molecular formula is C13H21N3. The molecule has 0 aromatic rings. The lowest BCUT2D eigenvalue weighted by atomic mass is 9.96. The summed E-state index contributed by atoms with van der Waals surface area (Å²) < 4.78 is 0. The van der Waals surface area contributed by atoms with Crippen LogP contribution in [0.25, 0.3) is 0 Å². The van der Waals surface area contributed by atoms with Crippen LogP contribution in [0, 0.1) is 11.3 Å². The summed E-state index contributed by atoms with van der Waals surface area (Å²) in [6.45, 7) is 5.57. The SMILES string of the molecule is CC1CC(C#N)(N2CCCC2)CN1C1CC1. The van der Waals surface area contributed by atoms with Crippen LogP contribution in [0.15, 0.2) is 0 Å². The zero-order chi connectivity index (χ0) is 11.2. The van der Waals surface area contributed by atoms with Crippen LogP contribution >= 0.6 is 0 Å². The second kappa shape index (κ2) is 3.72. The van der Waals surface area contributed by atoms with Crippen LogP contribution in [0.5, 0.6) is 0 Å². The van der Waals surface area contributed by atoms with E-state index in [-0.39, 0.29) is 5.54 Å². The minimum atomic E-state index is -0.154. The highest BCUT2D eigenvalue weighted by Gasteiger charge is 2.50. The van der Waals surface area contributed by atoms with E-state index in [1.54, 1.807) is 0 Å². The standard InChI is InChI=1S/C13H21N3/c1-11-8-13(9-14,15-6-2-3-7-15)10-16(11)12-4-5-12/h11-12H,2-8,10H2,1H3. The van der Waals surface area contributed by atoms with E-state index >= 15 is 0 Å². The summed E-state index contributed by atoms with van der Waals surface area (Å²) in [4.78, 5) is 5.04. The zero-order valence-electron chi connectivity index (χ0n) is 10.2. The Balaban J connectivity index is 1.78. The highest BCUT2D eigenvalue weighted by molar-refractivity contribution is 5.18. The van der Waals surface area contributed by atoms with E-state index in [2.05, 4.69) is 22.8 Å². The Kier molecular flexibility index (Phi) is 2.45. The van der Waals surface area contributed by atoms with Crippen LogP contribution in [0.1, 0.15) is 39.0 Å². The molecule has 2 atom stereocenters. The van der Waals surface area contributed by atoms with Crippen LogP contribution in [0.3, 0.4) is 0 Å². The molecule has 2 aliphatic heterocycles. The van der Waals surface area contributed by atoms with Gasteiger partial charge in [0.25, 0.3) is 0 Å². The molecular weight excluding hydrogens is 198 g/mol. The summed E-state index contributed by atoms with van der Waals surface area (Å²) in [5, 5.41) is 9.60. The first-order chi connectivity index (χ1) is 7.75. The van der Waals surface area contributed by atoms with Crippen LogP contribution in [-0.4, -0.2) is 47.1 Å². The minimum Gasteiger partial charge on any atom is -0.295 e. The van der Waals surface area contributed by atoms with Crippen LogP contribution < -0.4 is 0 Å². The Bertz CT molecular complexity index is 312. The number of hydrogen-bond acceptors (Lipinski definition) is 3. The number of nitriles is 1. The van der Waals surface area contributed by atoms with E-state index in [0.29, 0.717) is 6.04 Å². The van der Waals surface area contributed by atoms with Gasteiger partial charge in [-0.1, -0.05) is 0 Å². The van der Waals surface area contributed by atoms with Crippen molar-refractivity contribution in [3.63, 3.8) is 0 Å². The molecule has 0 aromatic heterocycles. The fraction of sp³-hybridized carbons (Fsp3) is 0.923. The van der Waals surface area contributed by atoms with E-state index in [1.165, 1.54) is 25.7 Å². The molecule has 1 aliphatic carbocycles. The molecule has 0 spiro atoms. The molecule has 0 bridgehead atoms. The summed E-state index contributed by atoms with van der Waals surface area (Å²) in [6, 6.07) is 4.05. The van der Waals surface area contributed by atoms with E-state index in [0.717, 1.165) is 32.1 Å². The number of nitrogens with zero attached hydrogens (tertiary/aromatic N) is 3. The van der Waals surface area contributed by atoms with Crippen molar-refractivity contribution < 1.29 is 0 Å². The topological polar surface area (TPSA) is 30.3 Å². The number of likely N-dealkylation sites (tertiary alicyclic amines) is 2. The van der Waals surface area contributed by atoms with Crippen molar-refractivity contribution >= 4 is 0 Å². The second-order valence-corrected chi connectivity index (χ2v) is 5.79. The molecule has 3 aliphatic rings. The van der Waals surface area contributed by atoms with Gasteiger partial charge in [0, 0.05) is 18.6 Å². The smallest absolute Gasteiger partial charge is 0.123 e. The van der Waals surface area contributed by atoms with Gasteiger partial charge in [-0.05, 0) is 52.1 Å². The lowest BCUT2D eigenvalue weighted by Gasteiger charge is -2.32. The molecule has 88 valence electrons. The van der Waals surface area contributed by atoms with Gasteiger partial charge in [0.05, 0.1) is 6.07 Å². The first-order valence-corrected chi connectivity index (χ1v) is 6.67. The van der Waals surface area contributed by atoms with Gasteiger partial charge in [-0.15, -0.1) is 0 Å². The van der Waals surface area contributed by atoms with Crippen LogP contribution in [-0.2, 0) is 0 Å². The fourth-order valence-corrected chi connectivity index (χ4v) is 3.55. The Labute approximate surface area is 98.0 Å². The van der Waals surface area contributed by atoms with Gasteiger partial charge in [-0.3, -0.25) is 9.80 Å². The molecule has 3 heteroatoms. The Hall–Kier alpha value is -0.590. The maximum absolute atomic E-state index is 9.60. The first kappa shape index (κ1) is 10.6. The first-order valence-electron chi connectivity index (χ1n) is 6.67. The van der Waals surface area contributed by atoms with Gasteiger partial charge in [0.1, 0.15) is 5.54 Å². The molecule has 2 heterocycles. The molecule has 16 heavy (non-hydrogen) atoms. The van der Waals surface area contributed by atoms with Crippen molar-refractivity contribution in [2.75, 3.05) is 19.6 Å². The Morgan fingerprint density at radius 2 is 1.94 bits per heavy atom. The summed E-state index contributed by atoms with van der Waals surface area (Å²) in [6.07, 6.45) is 6.32. The molecule has 0 aromatic carbocycles. The summed E-state index contributed by atoms with van der Waals surface area (Å²) >= 11 is 0. The van der Waals surface area contributed by atoms with E-state index < -0.39 is 0 Å². The third-order valence-corrected chi connectivity index (χ3v) is 4.58. The van der Waals surface area contributed by atoms with Crippen LogP contribution in [0.4, 0.5) is 0 Å². The quantitative estimate of drug-likeness (QED) is 0.706. The van der Waals surface area contributed by atoms with E-state index in [4.69, 9.17) is 0 Å². The van der Waals surface area contributed by atoms with Crippen molar-refractivity contribution in [3.8, 4) is 6.07 Å². The lowest BCUT2D eigenvalue weighted by molar-refractivity contribution is 0.169. The molecule has 1 saturated carbocycles. The van der Waals surface area contributed by atoms with Gasteiger partial charge in [-0.2, -0.15) is 5.26 Å². The Morgan fingerprint density at radius 1 is 1.25 bits per heavy atom. The van der Waals surface area contributed by atoms with Crippen molar-refractivity contribution in [2.24, 2.45) is 0 Å². The van der Waals surface area contributed by atoms with Crippen molar-refractivity contribution in [2.45, 2.75) is 56.7 Å². The molecule has 0 N–H and O–H groups in total. The fourth-order valence-electron chi connectivity index (χ4n) is 3.55. The summed E-state index contributed by atoms with van der Waals surface area (Å²) in [5.74, 6) is 0. The van der Waals surface area contributed by atoms with E-state index in [9.17, 15) is 5.26 Å². The van der Waals surface area contributed by atoms with Crippen LogP contribution in [0.2, 0.25) is 0 Å². The monoisotopic (exact) mass is 219 g/mol. The minimum absolute atomic E-state index is 0.154. The third kappa shape index (κ3) is 1.56. The maximum atomic E-state index is 9.60. The Morgan fingerprint density at radius 3 is 2.50 bits per heavy atom. The molecule has 3 nitrogen and oxygen atoms in total. The molecule has 2 unspecified atom stereocenters. The van der Waals surface area contributed by atoms with Crippen molar-refractivity contribution in [1.82, 2.24) is 9.80 Å². The summed E-state index contributed by atoms with van der Waals surface area (Å²) in [5.41, 5.74) is -0.154. The largest absolute Gasteiger partial charge is 0.295 e. The number of rotatable bonds is 2. The molecule has 3 fully saturated rings. The number of hydrogen-bond donors (Lipinski definition) is 0. The molecule has 0 radical (unpaired) electrons. The highest BCUT2D eigenvalue weighted by Crippen LogP contribution is 2.40. The average Bonchev–Trinajstić information content (AvgIpc) is 2.86. The molecule has 2 saturated heterocycles. The average molecular weight is 219 g/mol. The van der Waals surface area contributed by atoms with Crippen molar-refractivity contribution in [1.29, 1.82) is 5.26 Å². The normalized spacial score (nSPS) is 41.4. The van der Waals surface area contributed by atoms with E-state index in [1.807, 2.05) is 0 Å². The molecule has 3 rings (SSSR count). The van der Waals surface area contributed by atoms with Gasteiger partial charge >= 0.3 is 0 Å². The predicted molar refractivity (Wildman–Crippen MR) is 63.0 cm³/mol. The van der Waals surface area contributed by atoms with Gasteiger partial charge in [0.2, 0.25) is 0 Å². The predicted octanol–water partition coefficient (Wildman–Crippen LogP) is 1.60. The second-order valence-electron chi connectivity index (χ2n) is 5.79. The third-order valence-electron chi connectivity index (χ3n) is 4.58. The highest BCUT2D eigenvalue weighted by atomic mass is 15.3. The van der Waals surface area contributed by atoms with Crippen molar-refractivity contribution in [3.05, 3.63) is 0 Å². The van der Waals surface area contributed by atoms with Gasteiger partial charge in [-0.25, -0.2) is 0 Å². The van der Waals surface area contributed by atoms with Gasteiger partial charge < -0.3 is 0 Å². The zero-order valence-corrected chi connectivity index (χ0v) is 10.2. The lowest BCUT2D eigenvalue weighted by Crippen LogP contribution is -2.48.